The average molecular weight is 328 g/mol. The second-order valence-electron chi connectivity index (χ2n) is 7.79. The molecule has 4 rings (SSSR count). The fourth-order valence-electron chi connectivity index (χ4n) is 4.41. The zero-order valence-corrected chi connectivity index (χ0v) is 14.5. The number of hydrogen-bond donors (Lipinski definition) is 0. The zero-order chi connectivity index (χ0) is 16.4. The van der Waals surface area contributed by atoms with E-state index in [4.69, 9.17) is 4.74 Å². The highest BCUT2D eigenvalue weighted by Crippen LogP contribution is 2.42. The number of carbonyl (C=O) groups excluding carboxylic acids is 1. The number of carbonyl (C=O) groups is 1. The molecule has 1 saturated carbocycles. The number of hydrogen-bond acceptors (Lipinski definition) is 3. The van der Waals surface area contributed by atoms with Gasteiger partial charge in [-0.15, -0.1) is 0 Å². The van der Waals surface area contributed by atoms with Gasteiger partial charge in [-0.2, -0.15) is 0 Å². The summed E-state index contributed by atoms with van der Waals surface area (Å²) in [5.74, 6) is 1.35. The first-order valence-electron chi connectivity index (χ1n) is 9.44. The van der Waals surface area contributed by atoms with E-state index in [1.54, 1.807) is 0 Å². The fourth-order valence-corrected chi connectivity index (χ4v) is 4.41. The lowest BCUT2D eigenvalue weighted by Crippen LogP contribution is -2.55. The summed E-state index contributed by atoms with van der Waals surface area (Å²) in [4.78, 5) is 17.0. The minimum absolute atomic E-state index is 0.335. The molecular formula is C20H28N2O2. The molecule has 1 aliphatic carbocycles. The molecule has 0 unspecified atom stereocenters. The molecule has 1 aromatic carbocycles. The van der Waals surface area contributed by atoms with Gasteiger partial charge in [0.15, 0.2) is 0 Å². The van der Waals surface area contributed by atoms with E-state index in [9.17, 15) is 4.79 Å². The van der Waals surface area contributed by atoms with Gasteiger partial charge in [0.2, 0.25) is 5.91 Å². The number of ether oxygens (including phenoxy) is 1. The van der Waals surface area contributed by atoms with Crippen LogP contribution in [0.4, 0.5) is 0 Å². The number of likely N-dealkylation sites (tertiary alicyclic amines) is 2. The van der Waals surface area contributed by atoms with Crippen molar-refractivity contribution in [1.29, 1.82) is 0 Å². The molecule has 0 radical (unpaired) electrons. The largest absolute Gasteiger partial charge is 0.492 e. The van der Waals surface area contributed by atoms with Gasteiger partial charge in [-0.1, -0.05) is 18.2 Å². The van der Waals surface area contributed by atoms with Crippen LogP contribution in [0.5, 0.6) is 5.75 Å². The fraction of sp³-hybridized carbons (Fsp3) is 0.650. The number of rotatable bonds is 5. The van der Waals surface area contributed by atoms with Crippen molar-refractivity contribution in [3.63, 3.8) is 0 Å². The summed E-state index contributed by atoms with van der Waals surface area (Å²) in [6.07, 6.45) is 6.79. The Morgan fingerprint density at radius 2 is 1.96 bits per heavy atom. The third-order valence-corrected chi connectivity index (χ3v) is 5.84. The Morgan fingerprint density at radius 3 is 2.75 bits per heavy atom. The van der Waals surface area contributed by atoms with E-state index in [2.05, 4.69) is 9.80 Å². The Balaban J connectivity index is 1.31. The highest BCUT2D eigenvalue weighted by molar-refractivity contribution is 5.78. The standard InChI is InChI=1S/C20H28N2O2/c23-19-9-11-20(16-22(19)17-7-8-17)10-4-12-21(15-20)13-14-24-18-5-2-1-3-6-18/h1-3,5-6,17H,4,7-16H2/t20-/m1/s1. The molecule has 2 heterocycles. The van der Waals surface area contributed by atoms with Gasteiger partial charge in [0.05, 0.1) is 0 Å². The van der Waals surface area contributed by atoms with Crippen LogP contribution in [0, 0.1) is 5.41 Å². The van der Waals surface area contributed by atoms with Gasteiger partial charge in [-0.05, 0) is 50.8 Å². The lowest BCUT2D eigenvalue weighted by molar-refractivity contribution is -0.140. The van der Waals surface area contributed by atoms with Crippen LogP contribution in [-0.4, -0.2) is 54.5 Å². The first-order chi connectivity index (χ1) is 11.7. The highest BCUT2D eigenvalue weighted by atomic mass is 16.5. The molecule has 4 nitrogen and oxygen atoms in total. The van der Waals surface area contributed by atoms with Crippen LogP contribution in [0.1, 0.15) is 38.5 Å². The Morgan fingerprint density at radius 1 is 1.12 bits per heavy atom. The molecular weight excluding hydrogens is 300 g/mol. The van der Waals surface area contributed by atoms with E-state index in [1.165, 1.54) is 25.7 Å². The SMILES string of the molecule is O=C1CC[C@@]2(CCCN(CCOc3ccccc3)C2)CN1C1CC1. The zero-order valence-electron chi connectivity index (χ0n) is 14.5. The maximum absolute atomic E-state index is 12.2. The highest BCUT2D eigenvalue weighted by Gasteiger charge is 2.45. The first-order valence-corrected chi connectivity index (χ1v) is 9.44. The Bertz CT molecular complexity index is 572. The Hall–Kier alpha value is -1.55. The molecule has 2 saturated heterocycles. The van der Waals surface area contributed by atoms with E-state index in [0.29, 0.717) is 17.4 Å². The third-order valence-electron chi connectivity index (χ3n) is 5.84. The summed E-state index contributed by atoms with van der Waals surface area (Å²) in [5.41, 5.74) is 0.335. The van der Waals surface area contributed by atoms with Gasteiger partial charge in [0, 0.05) is 37.5 Å². The van der Waals surface area contributed by atoms with Gasteiger partial charge in [-0.3, -0.25) is 9.69 Å². The third kappa shape index (κ3) is 3.59. The number of para-hydroxylation sites is 1. The van der Waals surface area contributed by atoms with Gasteiger partial charge in [-0.25, -0.2) is 0 Å². The summed E-state index contributed by atoms with van der Waals surface area (Å²) >= 11 is 0. The first kappa shape index (κ1) is 15.9. The second-order valence-corrected chi connectivity index (χ2v) is 7.79. The van der Waals surface area contributed by atoms with Crippen molar-refractivity contribution in [2.45, 2.75) is 44.6 Å². The van der Waals surface area contributed by atoms with Crippen molar-refractivity contribution in [1.82, 2.24) is 9.80 Å². The average Bonchev–Trinajstić information content (AvgIpc) is 3.44. The van der Waals surface area contributed by atoms with Gasteiger partial charge >= 0.3 is 0 Å². The molecule has 2 aliphatic heterocycles. The lowest BCUT2D eigenvalue weighted by Gasteiger charge is -2.48. The Labute approximate surface area is 144 Å². The summed E-state index contributed by atoms with van der Waals surface area (Å²) in [6, 6.07) is 10.6. The minimum Gasteiger partial charge on any atom is -0.492 e. The number of nitrogens with zero attached hydrogens (tertiary/aromatic N) is 2. The minimum atomic E-state index is 0.335. The van der Waals surface area contributed by atoms with Crippen molar-refractivity contribution in [2.24, 2.45) is 5.41 Å². The Kier molecular flexibility index (Phi) is 4.49. The number of piperidine rings is 2. The van der Waals surface area contributed by atoms with Crippen molar-refractivity contribution < 1.29 is 9.53 Å². The summed E-state index contributed by atoms with van der Waals surface area (Å²) < 4.78 is 5.86. The van der Waals surface area contributed by atoms with E-state index >= 15 is 0 Å². The van der Waals surface area contributed by atoms with Crippen molar-refractivity contribution in [3.05, 3.63) is 30.3 Å². The summed E-state index contributed by atoms with van der Waals surface area (Å²) in [7, 11) is 0. The summed E-state index contributed by atoms with van der Waals surface area (Å²) in [6.45, 7) is 5.00. The lowest BCUT2D eigenvalue weighted by atomic mass is 9.73. The molecule has 3 aliphatic rings. The van der Waals surface area contributed by atoms with Crippen molar-refractivity contribution in [2.75, 3.05) is 32.8 Å². The predicted molar refractivity (Wildman–Crippen MR) is 94.0 cm³/mol. The molecule has 1 amide bonds. The van der Waals surface area contributed by atoms with E-state index in [-0.39, 0.29) is 0 Å². The molecule has 0 N–H and O–H groups in total. The van der Waals surface area contributed by atoms with Gasteiger partial charge in [0.1, 0.15) is 12.4 Å². The van der Waals surface area contributed by atoms with Crippen LogP contribution >= 0.6 is 0 Å². The van der Waals surface area contributed by atoms with Crippen LogP contribution in [0.2, 0.25) is 0 Å². The monoisotopic (exact) mass is 328 g/mol. The molecule has 0 bridgehead atoms. The number of benzene rings is 1. The maximum Gasteiger partial charge on any atom is 0.222 e. The molecule has 24 heavy (non-hydrogen) atoms. The van der Waals surface area contributed by atoms with Crippen LogP contribution in [0.15, 0.2) is 30.3 Å². The maximum atomic E-state index is 12.2. The smallest absolute Gasteiger partial charge is 0.222 e. The molecule has 1 atom stereocenters. The van der Waals surface area contributed by atoms with Crippen LogP contribution in [0.25, 0.3) is 0 Å². The molecule has 0 aromatic heterocycles. The van der Waals surface area contributed by atoms with Crippen LogP contribution in [0.3, 0.4) is 0 Å². The normalized spacial score (nSPS) is 28.3. The molecule has 1 aromatic rings. The van der Waals surface area contributed by atoms with E-state index in [0.717, 1.165) is 51.4 Å². The quantitative estimate of drug-likeness (QED) is 0.833. The molecule has 1 spiro atoms. The van der Waals surface area contributed by atoms with Gasteiger partial charge in [0.25, 0.3) is 0 Å². The van der Waals surface area contributed by atoms with E-state index in [1.807, 2.05) is 30.3 Å². The van der Waals surface area contributed by atoms with Crippen molar-refractivity contribution >= 4 is 5.91 Å². The molecule has 3 fully saturated rings. The molecule has 130 valence electrons. The number of amides is 1. The van der Waals surface area contributed by atoms with Gasteiger partial charge < -0.3 is 9.64 Å². The topological polar surface area (TPSA) is 32.8 Å². The van der Waals surface area contributed by atoms with Crippen LogP contribution < -0.4 is 4.74 Å². The van der Waals surface area contributed by atoms with E-state index < -0.39 is 0 Å². The molecule has 4 heteroatoms. The predicted octanol–water partition coefficient (Wildman–Crippen LogP) is 2.93. The summed E-state index contributed by atoms with van der Waals surface area (Å²) in [5, 5.41) is 0. The van der Waals surface area contributed by atoms with Crippen LogP contribution in [-0.2, 0) is 4.79 Å². The second kappa shape index (κ2) is 6.75. The van der Waals surface area contributed by atoms with Crippen molar-refractivity contribution in [3.8, 4) is 5.75 Å².